The molecule has 0 saturated heterocycles. The zero-order valence-corrected chi connectivity index (χ0v) is 12.7. The number of benzene rings is 1. The van der Waals surface area contributed by atoms with E-state index in [4.69, 9.17) is 0 Å². The molecule has 1 aromatic heterocycles. The van der Waals surface area contributed by atoms with Crippen molar-refractivity contribution in [2.45, 2.75) is 19.4 Å². The fraction of sp³-hybridized carbons (Fsp3) is 0.286. The van der Waals surface area contributed by atoms with Crippen molar-refractivity contribution in [2.24, 2.45) is 0 Å². The summed E-state index contributed by atoms with van der Waals surface area (Å²) in [6.45, 7) is 1.95. The summed E-state index contributed by atoms with van der Waals surface area (Å²) in [5, 5.41) is 5.46. The molecule has 1 nitrogen and oxygen atoms in total. The Bertz CT molecular complexity index is 538. The molecule has 1 N–H and O–H groups in total. The Morgan fingerprint density at radius 2 is 2.17 bits per heavy atom. The molecule has 0 saturated carbocycles. The molecule has 18 heavy (non-hydrogen) atoms. The lowest BCUT2D eigenvalue weighted by atomic mass is 9.98. The van der Waals surface area contributed by atoms with Gasteiger partial charge in [0.2, 0.25) is 0 Å². The molecule has 1 atom stereocenters. The molecule has 96 valence electrons. The highest BCUT2D eigenvalue weighted by atomic mass is 79.9. The van der Waals surface area contributed by atoms with Gasteiger partial charge in [-0.05, 0) is 76.6 Å². The molecule has 0 aliphatic rings. The highest BCUT2D eigenvalue weighted by Crippen LogP contribution is 2.28. The second-order valence-corrected chi connectivity index (χ2v) is 6.59. The molecule has 0 bridgehead atoms. The maximum absolute atomic E-state index is 13.1. The standard InChI is InChI=1S/C14H15BrFNS/c1-9-5-12(16)4-3-10(9)6-13(17-2)11-7-14(15)18-8-11/h3-5,7-8,13,17H,6H2,1-2H3. The maximum atomic E-state index is 13.1. The first-order chi connectivity index (χ1) is 8.60. The van der Waals surface area contributed by atoms with Gasteiger partial charge < -0.3 is 5.32 Å². The molecule has 0 aliphatic carbocycles. The van der Waals surface area contributed by atoms with Crippen LogP contribution in [-0.2, 0) is 6.42 Å². The highest BCUT2D eigenvalue weighted by Gasteiger charge is 2.13. The summed E-state index contributed by atoms with van der Waals surface area (Å²) in [5.74, 6) is -0.171. The minimum absolute atomic E-state index is 0.171. The molecule has 0 radical (unpaired) electrons. The first-order valence-corrected chi connectivity index (χ1v) is 7.43. The molecule has 0 amide bonds. The third-order valence-electron chi connectivity index (χ3n) is 3.07. The smallest absolute Gasteiger partial charge is 0.123 e. The van der Waals surface area contributed by atoms with E-state index in [1.807, 2.05) is 20.0 Å². The Morgan fingerprint density at radius 3 is 2.72 bits per heavy atom. The largest absolute Gasteiger partial charge is 0.313 e. The van der Waals surface area contributed by atoms with Crippen LogP contribution in [0.4, 0.5) is 4.39 Å². The summed E-state index contributed by atoms with van der Waals surface area (Å²) in [6.07, 6.45) is 0.867. The van der Waals surface area contributed by atoms with Gasteiger partial charge in [0.15, 0.2) is 0 Å². The van der Waals surface area contributed by atoms with Crippen molar-refractivity contribution in [1.29, 1.82) is 0 Å². The average molecular weight is 328 g/mol. The van der Waals surface area contributed by atoms with Crippen molar-refractivity contribution in [2.75, 3.05) is 7.05 Å². The third-order valence-corrected chi connectivity index (χ3v) is 4.59. The van der Waals surface area contributed by atoms with Crippen molar-refractivity contribution < 1.29 is 4.39 Å². The molecule has 1 unspecified atom stereocenters. The second-order valence-electron chi connectivity index (χ2n) is 4.30. The molecule has 0 spiro atoms. The fourth-order valence-electron chi connectivity index (χ4n) is 2.00. The van der Waals surface area contributed by atoms with Crippen molar-refractivity contribution in [3.63, 3.8) is 0 Å². The van der Waals surface area contributed by atoms with Crippen LogP contribution in [0.1, 0.15) is 22.7 Å². The zero-order chi connectivity index (χ0) is 13.1. The normalized spacial score (nSPS) is 12.7. The molecule has 4 heteroatoms. The SMILES string of the molecule is CNC(Cc1ccc(F)cc1C)c1csc(Br)c1. The van der Waals surface area contributed by atoms with E-state index in [2.05, 4.69) is 32.7 Å². The van der Waals surface area contributed by atoms with Gasteiger partial charge >= 0.3 is 0 Å². The maximum Gasteiger partial charge on any atom is 0.123 e. The molecule has 0 aliphatic heterocycles. The highest BCUT2D eigenvalue weighted by molar-refractivity contribution is 9.11. The quantitative estimate of drug-likeness (QED) is 0.874. The number of aryl methyl sites for hydroxylation is 1. The van der Waals surface area contributed by atoms with Gasteiger partial charge in [0, 0.05) is 6.04 Å². The molecular weight excluding hydrogens is 313 g/mol. The second kappa shape index (κ2) is 5.95. The Hall–Kier alpha value is -0.710. The van der Waals surface area contributed by atoms with Crippen LogP contribution in [0.5, 0.6) is 0 Å². The lowest BCUT2D eigenvalue weighted by Crippen LogP contribution is -2.18. The number of hydrogen-bond donors (Lipinski definition) is 1. The Morgan fingerprint density at radius 1 is 1.39 bits per heavy atom. The van der Waals surface area contributed by atoms with Crippen LogP contribution in [0.15, 0.2) is 33.4 Å². The number of nitrogens with one attached hydrogen (secondary N) is 1. The van der Waals surface area contributed by atoms with Crippen LogP contribution >= 0.6 is 27.3 Å². The van der Waals surface area contributed by atoms with E-state index in [1.54, 1.807) is 17.4 Å². The van der Waals surface area contributed by atoms with Crippen LogP contribution in [0, 0.1) is 12.7 Å². The average Bonchev–Trinajstić information content (AvgIpc) is 2.75. The number of thiophene rings is 1. The van der Waals surface area contributed by atoms with E-state index in [9.17, 15) is 4.39 Å². The molecule has 0 fully saturated rings. The number of likely N-dealkylation sites (N-methyl/N-ethyl adjacent to an activating group) is 1. The van der Waals surface area contributed by atoms with Crippen molar-refractivity contribution >= 4 is 27.3 Å². The van der Waals surface area contributed by atoms with Gasteiger partial charge in [-0.3, -0.25) is 0 Å². The Balaban J connectivity index is 2.20. The molecule has 2 aromatic rings. The van der Waals surface area contributed by atoms with E-state index >= 15 is 0 Å². The summed E-state index contributed by atoms with van der Waals surface area (Å²) in [4.78, 5) is 0. The van der Waals surface area contributed by atoms with Crippen molar-refractivity contribution in [3.05, 3.63) is 55.9 Å². The summed E-state index contributed by atoms with van der Waals surface area (Å²) in [7, 11) is 1.95. The van der Waals surface area contributed by atoms with Gasteiger partial charge in [-0.25, -0.2) is 4.39 Å². The summed E-state index contributed by atoms with van der Waals surface area (Å²) in [6, 6.07) is 7.38. The van der Waals surface area contributed by atoms with E-state index < -0.39 is 0 Å². The van der Waals surface area contributed by atoms with Crippen LogP contribution < -0.4 is 5.32 Å². The first-order valence-electron chi connectivity index (χ1n) is 5.76. The zero-order valence-electron chi connectivity index (χ0n) is 10.3. The lowest BCUT2D eigenvalue weighted by Gasteiger charge is -2.16. The van der Waals surface area contributed by atoms with Gasteiger partial charge in [-0.2, -0.15) is 0 Å². The predicted octanol–water partition coefficient (Wildman–Crippen LogP) is 4.46. The van der Waals surface area contributed by atoms with Gasteiger partial charge in [0.05, 0.1) is 3.79 Å². The van der Waals surface area contributed by atoms with E-state index in [1.165, 1.54) is 17.2 Å². The minimum atomic E-state index is -0.171. The molecule has 1 aromatic carbocycles. The predicted molar refractivity (Wildman–Crippen MR) is 78.7 cm³/mol. The Labute approximate surface area is 119 Å². The summed E-state index contributed by atoms with van der Waals surface area (Å²) < 4.78 is 14.2. The van der Waals surface area contributed by atoms with Gasteiger partial charge in [-0.15, -0.1) is 11.3 Å². The topological polar surface area (TPSA) is 12.0 Å². The lowest BCUT2D eigenvalue weighted by molar-refractivity contribution is 0.588. The van der Waals surface area contributed by atoms with Crippen LogP contribution in [0.2, 0.25) is 0 Å². The molecule has 2 rings (SSSR count). The fourth-order valence-corrected chi connectivity index (χ4v) is 3.23. The van der Waals surface area contributed by atoms with Crippen molar-refractivity contribution in [1.82, 2.24) is 5.32 Å². The minimum Gasteiger partial charge on any atom is -0.313 e. The molecule has 1 heterocycles. The molecular formula is C14H15BrFNS. The third kappa shape index (κ3) is 3.19. The number of hydrogen-bond acceptors (Lipinski definition) is 2. The van der Waals surface area contributed by atoms with Crippen LogP contribution in [0.3, 0.4) is 0 Å². The van der Waals surface area contributed by atoms with Crippen molar-refractivity contribution in [3.8, 4) is 0 Å². The summed E-state index contributed by atoms with van der Waals surface area (Å²) in [5.41, 5.74) is 3.45. The van der Waals surface area contributed by atoms with E-state index in [0.29, 0.717) is 0 Å². The van der Waals surface area contributed by atoms with E-state index in [-0.39, 0.29) is 11.9 Å². The van der Waals surface area contributed by atoms with Crippen LogP contribution in [-0.4, -0.2) is 7.05 Å². The van der Waals surface area contributed by atoms with Crippen LogP contribution in [0.25, 0.3) is 0 Å². The van der Waals surface area contributed by atoms with Gasteiger partial charge in [0.1, 0.15) is 5.82 Å². The Kier molecular flexibility index (Phi) is 4.54. The van der Waals surface area contributed by atoms with Gasteiger partial charge in [-0.1, -0.05) is 6.07 Å². The first kappa shape index (κ1) is 13.7. The van der Waals surface area contributed by atoms with E-state index in [0.717, 1.165) is 15.8 Å². The van der Waals surface area contributed by atoms with Gasteiger partial charge in [0.25, 0.3) is 0 Å². The monoisotopic (exact) mass is 327 g/mol. The number of rotatable bonds is 4. The number of halogens is 2. The summed E-state index contributed by atoms with van der Waals surface area (Å²) >= 11 is 5.16.